The number of rotatable bonds is 63. The summed E-state index contributed by atoms with van der Waals surface area (Å²) in [5, 5.41) is 192. The smallest absolute Gasteiger partial charge is 0.426 e. The van der Waals surface area contributed by atoms with Gasteiger partial charge >= 0.3 is 12.1 Å². The highest BCUT2D eigenvalue weighted by molar-refractivity contribution is 8.76. The number of aromatic nitrogens is 8. The number of H-pyrrole nitrogens is 2. The summed E-state index contributed by atoms with van der Waals surface area (Å²) < 4.78 is 5.08. The molecular weight excluding hydrogens is 1930 g/mol. The fourth-order valence-corrected chi connectivity index (χ4v) is 14.7. The van der Waals surface area contributed by atoms with Crippen molar-refractivity contribution in [3.05, 3.63) is 99.3 Å². The number of carboxylic acid groups (broad SMARTS) is 1. The number of nitrogens with one attached hydrogen (secondary N) is 18. The molecule has 57 nitrogen and oxygen atoms in total. The van der Waals surface area contributed by atoms with Gasteiger partial charge in [-0.2, -0.15) is 9.97 Å². The van der Waals surface area contributed by atoms with Crippen LogP contribution in [0.15, 0.2) is 65.7 Å². The Balaban J connectivity index is 1.08. The lowest BCUT2D eigenvalue weighted by molar-refractivity contribution is -0.139. The molecule has 59 heteroatoms. The zero-order chi connectivity index (χ0) is 106. The first-order valence-corrected chi connectivity index (χ1v) is 47.5. The fraction of sp³-hybridized carbons (Fsp3) is 0.548. The van der Waals surface area contributed by atoms with Crippen LogP contribution in [0.2, 0.25) is 0 Å². The highest BCUT2D eigenvalue weighted by atomic mass is 33.1. The number of aliphatic hydroxyl groups is 14. The number of hydrogen-bond acceptors (Lipinski definition) is 43. The molecule has 0 saturated carbocycles. The van der Waals surface area contributed by atoms with Crippen molar-refractivity contribution in [2.45, 2.75) is 227 Å². The third kappa shape index (κ3) is 40.1. The van der Waals surface area contributed by atoms with Crippen LogP contribution in [0.5, 0.6) is 0 Å². The molecule has 18 atom stereocenters. The second-order valence-corrected chi connectivity index (χ2v) is 34.9. The lowest BCUT2D eigenvalue weighted by Gasteiger charge is -2.27. The highest BCUT2D eigenvalue weighted by Gasteiger charge is 2.37. The number of carboxylic acids is 1. The van der Waals surface area contributed by atoms with Gasteiger partial charge < -0.3 is 167 Å². The van der Waals surface area contributed by atoms with E-state index in [1.807, 2.05) is 5.43 Å². The summed E-state index contributed by atoms with van der Waals surface area (Å²) in [5.74, 6) is -12.8. The van der Waals surface area contributed by atoms with Crippen LogP contribution in [-0.4, -0.2) is 373 Å². The van der Waals surface area contributed by atoms with Gasteiger partial charge in [-0.15, -0.1) is 0 Å². The minimum atomic E-state index is -2.15. The molecule has 0 aliphatic rings. The van der Waals surface area contributed by atoms with Gasteiger partial charge in [0.2, 0.25) is 71.0 Å². The van der Waals surface area contributed by atoms with Crippen molar-refractivity contribution >= 4 is 150 Å². The van der Waals surface area contributed by atoms with Gasteiger partial charge in [0.1, 0.15) is 91.7 Å². The van der Waals surface area contributed by atoms with Crippen molar-refractivity contribution in [3.63, 3.8) is 0 Å². The quantitative estimate of drug-likeness (QED) is 0.00958. The maximum Gasteiger partial charge on any atom is 0.426 e. The molecule has 0 aliphatic heterocycles. The number of nitrogens with zero attached hydrogens (tertiary/aromatic N) is 6. The van der Waals surface area contributed by atoms with Crippen LogP contribution >= 0.6 is 21.6 Å². The molecule has 788 valence electrons. The number of carbonyl (C=O) groups excluding carboxylic acids is 13. The molecule has 6 aromatic rings. The van der Waals surface area contributed by atoms with E-state index in [4.69, 9.17) is 21.6 Å². The van der Waals surface area contributed by atoms with E-state index in [9.17, 15) is 149 Å². The first-order valence-electron chi connectivity index (χ1n) is 45.0. The summed E-state index contributed by atoms with van der Waals surface area (Å²) in [4.78, 5) is 232. The van der Waals surface area contributed by atoms with Crippen LogP contribution in [0.1, 0.15) is 136 Å². The van der Waals surface area contributed by atoms with E-state index in [-0.39, 0.29) is 127 Å². The summed E-state index contributed by atoms with van der Waals surface area (Å²) in [5.41, 5.74) is 17.2. The van der Waals surface area contributed by atoms with Gasteiger partial charge in [0, 0.05) is 98.8 Å². The van der Waals surface area contributed by atoms with Gasteiger partial charge in [-0.25, -0.2) is 35.0 Å². The molecule has 0 fully saturated rings. The van der Waals surface area contributed by atoms with E-state index in [1.165, 1.54) is 57.4 Å². The zero-order valence-corrected chi connectivity index (χ0v) is 79.4. The van der Waals surface area contributed by atoms with E-state index in [0.717, 1.165) is 21.6 Å². The monoisotopic (exact) mass is 2060 g/mol. The predicted molar refractivity (Wildman–Crippen MR) is 506 cm³/mol. The number of aliphatic hydroxyl groups excluding tert-OH is 14. The molecule has 0 aliphatic carbocycles. The van der Waals surface area contributed by atoms with Gasteiger partial charge in [-0.3, -0.25) is 78.1 Å². The van der Waals surface area contributed by atoms with Crippen LogP contribution in [0.3, 0.4) is 0 Å². The average molecular weight is 2060 g/mol. The number of nitrogen functional groups attached to an aromatic ring is 2. The van der Waals surface area contributed by atoms with E-state index in [1.54, 1.807) is 24.3 Å². The summed E-state index contributed by atoms with van der Waals surface area (Å²) in [6.07, 6.45) is -27.3. The zero-order valence-electron chi connectivity index (χ0n) is 77.7. The summed E-state index contributed by atoms with van der Waals surface area (Å²) in [6.45, 7) is -0.322. The summed E-state index contributed by atoms with van der Waals surface area (Å²) >= 11 is 0. The molecule has 37 N–H and O–H groups in total. The van der Waals surface area contributed by atoms with Crippen molar-refractivity contribution in [1.82, 2.24) is 109 Å². The maximum absolute atomic E-state index is 14.6. The first kappa shape index (κ1) is 118. The van der Waals surface area contributed by atoms with E-state index in [2.05, 4.69) is 114 Å². The van der Waals surface area contributed by atoms with Gasteiger partial charge in [-0.1, -0.05) is 42.4 Å². The number of hydrazine groups is 1. The number of benzene rings is 2. The number of amides is 13. The maximum atomic E-state index is 14.6. The first-order chi connectivity index (χ1) is 68.0. The third-order valence-electron chi connectivity index (χ3n) is 21.4. The molecule has 0 saturated heterocycles. The Hall–Kier alpha value is -13.4. The molecule has 13 amide bonds. The fourth-order valence-electron chi connectivity index (χ4n) is 13.0. The number of carbonyl (C=O) groups is 14. The topological polar surface area (TPSA) is 934 Å². The van der Waals surface area contributed by atoms with E-state index in [0.29, 0.717) is 22.8 Å². The van der Waals surface area contributed by atoms with Crippen LogP contribution < -0.4 is 102 Å². The van der Waals surface area contributed by atoms with Gasteiger partial charge in [0.25, 0.3) is 17.4 Å². The number of nitrogens with two attached hydrogens (primary N) is 2. The van der Waals surface area contributed by atoms with Gasteiger partial charge in [-0.05, 0) is 99.9 Å². The van der Waals surface area contributed by atoms with Crippen LogP contribution in [0.25, 0.3) is 22.3 Å². The lowest BCUT2D eigenvalue weighted by Crippen LogP contribution is -2.59. The molecule has 2 aromatic carbocycles. The lowest BCUT2D eigenvalue weighted by atomic mass is 10.0. The number of anilines is 4. The van der Waals surface area contributed by atoms with E-state index >= 15 is 0 Å². The Labute approximate surface area is 821 Å². The molecule has 4 heterocycles. The predicted octanol–water partition coefficient (Wildman–Crippen LogP) is -10.7. The Bertz CT molecular complexity index is 5360. The Morgan fingerprint density at radius 3 is 1.29 bits per heavy atom. The minimum Gasteiger partial charge on any atom is -0.480 e. The molecule has 4 aromatic heterocycles. The molecule has 0 radical (unpaired) electrons. The SMILES string of the molecule is CC[C@H](NC(=O)[C@H](CCC(=O)NC[C@H](O)[C@@H](O)[C@H](O)[C@H](O)CC)NC(=O)CCCNC(=O)c1ccc(NCc2cnc3nc(N)[nH]c(=O)c3n2)cc1)C(=O)N[C@@H](CCC(=O)NC[C@H](O)[C@@H](O)[C@H](O)[C@H](O)CO)C(=O)N[C@@H](CC)C(=O)N[C@@H](CCC(=O)NC[C@H](O)[C@@H](O)[C@H](O)[C@H](O)CO)C(=O)NCCSSCCOC(=O)NNC(=O)CC[C@H](NC(=O)c1ccc(NCc2cnc3nc(N)[nH]c(=N)c3n2)cc1)C(=O)O. The number of aromatic amines is 2. The number of hydrogen-bond donors (Lipinski definition) is 35. The minimum absolute atomic E-state index is 0.00487. The summed E-state index contributed by atoms with van der Waals surface area (Å²) in [7, 11) is 2.27. The third-order valence-corrected chi connectivity index (χ3v) is 23.7. The summed E-state index contributed by atoms with van der Waals surface area (Å²) in [6, 6.07) is 1.97. The van der Waals surface area contributed by atoms with Gasteiger partial charge in [0.05, 0.1) is 74.5 Å². The van der Waals surface area contributed by atoms with Gasteiger partial charge in [0.15, 0.2) is 27.8 Å². The van der Waals surface area contributed by atoms with Crippen molar-refractivity contribution in [3.8, 4) is 0 Å². The Morgan fingerprint density at radius 2 is 0.825 bits per heavy atom. The Morgan fingerprint density at radius 1 is 0.420 bits per heavy atom. The molecule has 6 rings (SSSR count). The normalized spacial score (nSPS) is 15.1. The van der Waals surface area contributed by atoms with Crippen LogP contribution in [-0.2, 0) is 70.6 Å². The Kier molecular flexibility index (Phi) is 50.3. The standard InChI is InChI=1S/C84H124N26O31S2/c1-4-45(76(133)102-47(17-21-57(119)93-35-53(115)66(126)68(128)55(117)37-111)75(132)89-26-28-142-143-29-27-141-84(140)110-109-61(123)24-20-50(81(138)139)104-74(131)40-11-15-42(16-12-40)90-30-43-32-95-71-62(97-43)70(85)105-82(86)106-71)101-79(136)49(19-23-59(121)94-36-54(116)67(127)69(129)56(118)38-112)103-77(134)46(5-2)100-78(135)48(18-22-58(120)92-34-52(114)65(125)64(124)51(113)6-3)99-60(122)8-7-25-88-73(130)39-9-13-41(14-10-39)91-31-44-33-96-72-63(98-44)80(137)108-83(87)107-72/h9-16,32-33,45-56,64-69,90-91,111-118,124-129H,4-8,17-31,34-38H2,1-3H3,(H,88,130)(H,89,132)(H,92,120)(H,93,119)(H,94,121)(H,99,122)(H,100,135)(H,101,136)(H,102,133)(H,103,134)(H,104,131)(H,109,123)(H,110,140)(H,138,139)(H4,85,86,95,105,106)(H3,87,96,107,108,137)/t45-,46-,47-,48-,49-,50-,51+,52-,53-,54-,55+,56+,64+,65+,66+,67+,68+,69+/m0/s1. The molecule has 0 bridgehead atoms. The number of ether oxygens (including phenoxy) is 1. The second-order valence-electron chi connectivity index (χ2n) is 32.2. The number of aliphatic carboxylic acids is 1. The highest BCUT2D eigenvalue weighted by Crippen LogP contribution is 2.22. The average Bonchev–Trinajstić information content (AvgIpc) is 0.810. The van der Waals surface area contributed by atoms with Crippen molar-refractivity contribution < 1.29 is 148 Å². The van der Waals surface area contributed by atoms with Crippen molar-refractivity contribution in [2.75, 3.05) is 86.2 Å². The molecule has 143 heavy (non-hydrogen) atoms. The largest absolute Gasteiger partial charge is 0.480 e. The molecular formula is C84H124N26O31S2. The second kappa shape index (κ2) is 60.8. The molecule has 0 spiro atoms. The van der Waals surface area contributed by atoms with Crippen LogP contribution in [0, 0.1) is 5.41 Å². The number of fused-ring (bicyclic) bond motifs is 2. The van der Waals surface area contributed by atoms with Crippen molar-refractivity contribution in [1.29, 1.82) is 5.41 Å². The van der Waals surface area contributed by atoms with Crippen molar-refractivity contribution in [2.24, 2.45) is 0 Å². The van der Waals surface area contributed by atoms with Crippen LogP contribution in [0.4, 0.5) is 28.1 Å². The molecule has 0 unspecified atom stereocenters. The van der Waals surface area contributed by atoms with E-state index < -0.39 is 282 Å².